The maximum absolute atomic E-state index is 12.5. The van der Waals surface area contributed by atoms with Crippen LogP contribution in [0, 0.1) is 19.8 Å². The molecule has 1 aliphatic heterocycles. The predicted octanol–water partition coefficient (Wildman–Crippen LogP) is 3.26. The molecular weight excluding hydrogens is 270 g/mol. The van der Waals surface area contributed by atoms with Gasteiger partial charge in [-0.25, -0.2) is 0 Å². The van der Waals surface area contributed by atoms with Crippen molar-refractivity contribution in [3.05, 3.63) is 70.8 Å². The highest BCUT2D eigenvalue weighted by molar-refractivity contribution is 5.82. The normalized spacial score (nSPS) is 25.2. The van der Waals surface area contributed by atoms with E-state index in [-0.39, 0.29) is 18.0 Å². The van der Waals surface area contributed by atoms with Crippen LogP contribution in [0.15, 0.2) is 48.5 Å². The second kappa shape index (κ2) is 6.05. The third-order valence-corrected chi connectivity index (χ3v) is 4.88. The van der Waals surface area contributed by atoms with Gasteiger partial charge < -0.3 is 5.32 Å². The van der Waals surface area contributed by atoms with E-state index in [4.69, 9.17) is 0 Å². The topological polar surface area (TPSA) is 33.7 Å². The summed E-state index contributed by atoms with van der Waals surface area (Å²) < 4.78 is 0. The molecule has 3 rings (SSSR count). The third-order valence-electron chi connectivity index (χ3n) is 4.88. The first kappa shape index (κ1) is 15.0. The quantitative estimate of drug-likeness (QED) is 0.906. The van der Waals surface area contributed by atoms with Crippen LogP contribution < -0.4 is 5.32 Å². The maximum Gasteiger partial charge on any atom is 0.148 e. The van der Waals surface area contributed by atoms with Gasteiger partial charge in [-0.2, -0.15) is 0 Å². The van der Waals surface area contributed by atoms with Gasteiger partial charge in [0.25, 0.3) is 0 Å². The summed E-state index contributed by atoms with van der Waals surface area (Å²) in [5, 5.41) is 2.38. The summed E-state index contributed by atoms with van der Waals surface area (Å²) in [5.74, 6) is 0.447. The van der Waals surface area contributed by atoms with Crippen LogP contribution in [-0.4, -0.2) is 5.78 Å². The fourth-order valence-corrected chi connectivity index (χ4v) is 3.32. The van der Waals surface area contributed by atoms with E-state index in [1.54, 1.807) is 0 Å². The lowest BCUT2D eigenvalue weighted by molar-refractivity contribution is -0.742. The van der Waals surface area contributed by atoms with E-state index in [9.17, 15) is 4.79 Å². The number of quaternary nitrogens is 1. The molecule has 0 bridgehead atoms. The molecule has 1 heterocycles. The average molecular weight is 294 g/mol. The van der Waals surface area contributed by atoms with E-state index in [0.717, 1.165) is 0 Å². The zero-order valence-corrected chi connectivity index (χ0v) is 13.5. The Morgan fingerprint density at radius 3 is 1.91 bits per heavy atom. The van der Waals surface area contributed by atoms with Gasteiger partial charge in [0.2, 0.25) is 0 Å². The first-order valence-electron chi connectivity index (χ1n) is 8.05. The van der Waals surface area contributed by atoms with Gasteiger partial charge in [-0.1, -0.05) is 59.7 Å². The fraction of sp³-hybridized carbons (Fsp3) is 0.350. The molecule has 1 saturated heterocycles. The van der Waals surface area contributed by atoms with Crippen LogP contribution in [0.5, 0.6) is 0 Å². The first-order valence-corrected chi connectivity index (χ1v) is 8.05. The predicted molar refractivity (Wildman–Crippen MR) is 88.6 cm³/mol. The number of benzene rings is 2. The van der Waals surface area contributed by atoms with Crippen LogP contribution in [0.2, 0.25) is 0 Å². The number of rotatable bonds is 2. The number of carbonyl (C=O) groups excluding carboxylic acids is 1. The minimum Gasteiger partial charge on any atom is -0.333 e. The van der Waals surface area contributed by atoms with Gasteiger partial charge in [0.05, 0.1) is 12.3 Å². The van der Waals surface area contributed by atoms with Crippen molar-refractivity contribution in [2.45, 2.75) is 39.3 Å². The van der Waals surface area contributed by atoms with Crippen LogP contribution in [0.25, 0.3) is 0 Å². The van der Waals surface area contributed by atoms with Crippen molar-refractivity contribution >= 4 is 5.78 Å². The lowest BCUT2D eigenvalue weighted by Crippen LogP contribution is -2.90. The Kier molecular flexibility index (Phi) is 4.12. The Labute approximate surface area is 132 Å². The highest BCUT2D eigenvalue weighted by Crippen LogP contribution is 2.29. The molecule has 2 aromatic rings. The van der Waals surface area contributed by atoms with Crippen molar-refractivity contribution in [3.63, 3.8) is 0 Å². The van der Waals surface area contributed by atoms with Crippen LogP contribution in [0.4, 0.5) is 0 Å². The summed E-state index contributed by atoms with van der Waals surface area (Å²) in [4.78, 5) is 12.5. The number of nitrogens with two attached hydrogens (primary N) is 1. The van der Waals surface area contributed by atoms with Gasteiger partial charge in [-0.3, -0.25) is 4.79 Å². The Balaban J connectivity index is 1.88. The van der Waals surface area contributed by atoms with Crippen molar-refractivity contribution in [2.75, 3.05) is 0 Å². The minimum atomic E-state index is 0.0735. The van der Waals surface area contributed by atoms with E-state index in [2.05, 4.69) is 74.6 Å². The van der Waals surface area contributed by atoms with Crippen molar-refractivity contribution < 1.29 is 10.1 Å². The first-order chi connectivity index (χ1) is 10.5. The Hall–Kier alpha value is -1.93. The summed E-state index contributed by atoms with van der Waals surface area (Å²) in [6.45, 7) is 6.25. The Morgan fingerprint density at radius 1 is 0.864 bits per heavy atom. The Morgan fingerprint density at radius 2 is 1.36 bits per heavy atom. The largest absolute Gasteiger partial charge is 0.333 e. The van der Waals surface area contributed by atoms with Crippen molar-refractivity contribution in [3.8, 4) is 0 Å². The second-order valence-corrected chi connectivity index (χ2v) is 6.61. The van der Waals surface area contributed by atoms with E-state index in [1.807, 2.05) is 0 Å². The van der Waals surface area contributed by atoms with E-state index in [0.29, 0.717) is 12.2 Å². The Bertz CT molecular complexity index is 657. The molecule has 1 aliphatic rings. The number of aryl methyl sites for hydroxylation is 2. The maximum atomic E-state index is 12.5. The van der Waals surface area contributed by atoms with Gasteiger partial charge in [0.15, 0.2) is 0 Å². The molecule has 3 atom stereocenters. The van der Waals surface area contributed by atoms with Gasteiger partial charge in [-0.15, -0.1) is 0 Å². The SMILES string of the molecule is Cc1ccc([C@H]2CC(=O)[C@H](C)[C@H](c3ccc(C)cc3)[NH2+]2)cc1. The molecule has 1 fully saturated rings. The van der Waals surface area contributed by atoms with Gasteiger partial charge >= 0.3 is 0 Å². The van der Waals surface area contributed by atoms with E-state index >= 15 is 0 Å². The smallest absolute Gasteiger partial charge is 0.148 e. The molecule has 0 spiro atoms. The van der Waals surface area contributed by atoms with Gasteiger partial charge in [0.1, 0.15) is 17.9 Å². The fourth-order valence-electron chi connectivity index (χ4n) is 3.32. The number of carbonyl (C=O) groups is 1. The van der Waals surface area contributed by atoms with Crippen molar-refractivity contribution in [2.24, 2.45) is 5.92 Å². The number of hydrogen-bond acceptors (Lipinski definition) is 1. The molecule has 0 saturated carbocycles. The summed E-state index contributed by atoms with van der Waals surface area (Å²) in [5.41, 5.74) is 5.02. The van der Waals surface area contributed by atoms with Crippen LogP contribution in [0.1, 0.15) is 47.7 Å². The highest BCUT2D eigenvalue weighted by Gasteiger charge is 2.38. The van der Waals surface area contributed by atoms with Gasteiger partial charge in [-0.05, 0) is 20.8 Å². The minimum absolute atomic E-state index is 0.0735. The molecule has 0 unspecified atom stereocenters. The molecule has 0 amide bonds. The van der Waals surface area contributed by atoms with E-state index in [1.165, 1.54) is 22.3 Å². The third kappa shape index (κ3) is 2.97. The lowest BCUT2D eigenvalue weighted by atomic mass is 9.82. The van der Waals surface area contributed by atoms with E-state index < -0.39 is 0 Å². The molecule has 0 radical (unpaired) electrons. The number of Topliss-reactive ketones (excluding diaryl/α,β-unsaturated/α-hetero) is 1. The van der Waals surface area contributed by atoms with Gasteiger partial charge in [0, 0.05) is 11.1 Å². The molecule has 0 aromatic heterocycles. The van der Waals surface area contributed by atoms with Crippen LogP contribution in [-0.2, 0) is 4.79 Å². The zero-order valence-electron chi connectivity index (χ0n) is 13.5. The molecule has 2 aromatic carbocycles. The lowest BCUT2D eigenvalue weighted by Gasteiger charge is -2.32. The average Bonchev–Trinajstić information content (AvgIpc) is 2.52. The summed E-state index contributed by atoms with van der Waals surface area (Å²) in [6, 6.07) is 17.6. The molecule has 22 heavy (non-hydrogen) atoms. The molecule has 2 nitrogen and oxygen atoms in total. The summed E-state index contributed by atoms with van der Waals surface area (Å²) in [6.07, 6.45) is 0.632. The van der Waals surface area contributed by atoms with Crippen molar-refractivity contribution in [1.29, 1.82) is 0 Å². The van der Waals surface area contributed by atoms with Crippen molar-refractivity contribution in [1.82, 2.24) is 0 Å². The second-order valence-electron chi connectivity index (χ2n) is 6.61. The zero-order chi connectivity index (χ0) is 15.7. The number of hydrogen-bond donors (Lipinski definition) is 1. The monoisotopic (exact) mass is 294 g/mol. The number of piperidine rings is 1. The molecule has 2 heteroatoms. The number of ketones is 1. The molecule has 0 aliphatic carbocycles. The molecule has 114 valence electrons. The van der Waals surface area contributed by atoms with Crippen LogP contribution in [0.3, 0.4) is 0 Å². The standard InChI is InChI=1S/C20H23NO/c1-13-4-8-16(9-5-13)18-12-19(22)15(3)20(21-18)17-10-6-14(2)7-11-17/h4-11,15,18,20-21H,12H2,1-3H3/p+1/t15-,18+,20+/m0/s1. The van der Waals surface area contributed by atoms with Crippen LogP contribution >= 0.6 is 0 Å². The highest BCUT2D eigenvalue weighted by atomic mass is 16.1. The summed E-state index contributed by atoms with van der Waals surface area (Å²) >= 11 is 0. The molecular formula is C20H24NO+. The summed E-state index contributed by atoms with van der Waals surface area (Å²) in [7, 11) is 0. The molecule has 2 N–H and O–H groups in total.